The molecule has 3 N–H and O–H groups in total. The molecule has 0 radical (unpaired) electrons. The fraction of sp³-hybridized carbons (Fsp3) is 0.400. The number of hydrogen-bond donors (Lipinski definition) is 2. The van der Waals surface area contributed by atoms with E-state index in [0.717, 1.165) is 5.69 Å². The van der Waals surface area contributed by atoms with Gasteiger partial charge in [0.1, 0.15) is 0 Å². The zero-order valence-corrected chi connectivity index (χ0v) is 6.71. The third-order valence-corrected chi connectivity index (χ3v) is 1.59. The number of nitrogens with one attached hydrogen (secondary N) is 1. The van der Waals surface area contributed by atoms with E-state index in [0.29, 0.717) is 23.4 Å². The summed E-state index contributed by atoms with van der Waals surface area (Å²) in [6.07, 6.45) is 0.679. The topological polar surface area (TPSA) is 54.7 Å². The van der Waals surface area contributed by atoms with Crippen LogP contribution < -0.4 is 5.73 Å². The van der Waals surface area contributed by atoms with Crippen molar-refractivity contribution in [3.8, 4) is 0 Å². The van der Waals surface area contributed by atoms with Crippen molar-refractivity contribution in [2.75, 3.05) is 6.54 Å². The van der Waals surface area contributed by atoms with Crippen LogP contribution in [0.1, 0.15) is 5.69 Å². The normalized spacial score (nSPS) is 10.3. The van der Waals surface area contributed by atoms with Gasteiger partial charge in [0.2, 0.25) is 5.28 Å². The number of hydrogen-bond acceptors (Lipinski definition) is 2. The van der Waals surface area contributed by atoms with Crippen LogP contribution in [0.3, 0.4) is 0 Å². The van der Waals surface area contributed by atoms with Crippen molar-refractivity contribution < 1.29 is 0 Å². The summed E-state index contributed by atoms with van der Waals surface area (Å²) in [6, 6.07) is 0. The molecule has 1 aromatic rings. The quantitative estimate of drug-likeness (QED) is 0.718. The number of imidazole rings is 1. The Hall–Kier alpha value is -0.250. The molecule has 0 atom stereocenters. The minimum Gasteiger partial charge on any atom is -0.331 e. The first kappa shape index (κ1) is 7.85. The first-order chi connectivity index (χ1) is 4.74. The number of aromatic nitrogens is 2. The maximum atomic E-state index is 5.64. The average Bonchev–Trinajstić information content (AvgIpc) is 2.13. The van der Waals surface area contributed by atoms with E-state index in [1.54, 1.807) is 0 Å². The smallest absolute Gasteiger partial charge is 0.201 e. The van der Waals surface area contributed by atoms with Crippen LogP contribution in [-0.4, -0.2) is 16.5 Å². The van der Waals surface area contributed by atoms with Gasteiger partial charge in [-0.2, -0.15) is 0 Å². The zero-order chi connectivity index (χ0) is 7.56. The van der Waals surface area contributed by atoms with E-state index in [9.17, 15) is 0 Å². The van der Waals surface area contributed by atoms with E-state index in [4.69, 9.17) is 28.9 Å². The Morgan fingerprint density at radius 2 is 2.20 bits per heavy atom. The van der Waals surface area contributed by atoms with Gasteiger partial charge in [-0.15, -0.1) is 0 Å². The number of rotatable bonds is 2. The van der Waals surface area contributed by atoms with Gasteiger partial charge in [-0.1, -0.05) is 11.6 Å². The van der Waals surface area contributed by atoms with Crippen molar-refractivity contribution in [1.29, 1.82) is 0 Å². The molecule has 0 bridgehead atoms. The van der Waals surface area contributed by atoms with Crippen LogP contribution in [0, 0.1) is 0 Å². The van der Waals surface area contributed by atoms with E-state index in [2.05, 4.69) is 9.97 Å². The molecule has 1 aromatic heterocycles. The van der Waals surface area contributed by atoms with Gasteiger partial charge in [0.05, 0.1) is 5.69 Å². The average molecular weight is 180 g/mol. The van der Waals surface area contributed by atoms with Gasteiger partial charge in [0, 0.05) is 6.42 Å². The highest BCUT2D eigenvalue weighted by Gasteiger charge is 2.03. The molecule has 5 heteroatoms. The minimum atomic E-state index is 0.313. The monoisotopic (exact) mass is 179 g/mol. The van der Waals surface area contributed by atoms with Gasteiger partial charge in [0.15, 0.2) is 5.15 Å². The summed E-state index contributed by atoms with van der Waals surface area (Å²) in [5, 5.41) is 0.726. The largest absolute Gasteiger partial charge is 0.331 e. The lowest BCUT2D eigenvalue weighted by molar-refractivity contribution is 0.935. The van der Waals surface area contributed by atoms with E-state index in [1.165, 1.54) is 0 Å². The molecule has 3 nitrogen and oxygen atoms in total. The van der Waals surface area contributed by atoms with E-state index < -0.39 is 0 Å². The summed E-state index contributed by atoms with van der Waals surface area (Å²) < 4.78 is 0. The first-order valence-corrected chi connectivity index (χ1v) is 3.59. The fourth-order valence-electron chi connectivity index (χ4n) is 0.668. The molecule has 1 heterocycles. The Morgan fingerprint density at radius 1 is 1.50 bits per heavy atom. The Bertz CT molecular complexity index is 221. The Labute approximate surface area is 68.5 Å². The minimum absolute atomic E-state index is 0.313. The predicted octanol–water partition coefficient (Wildman–Crippen LogP) is 1.22. The zero-order valence-electron chi connectivity index (χ0n) is 5.19. The van der Waals surface area contributed by atoms with Gasteiger partial charge in [-0.3, -0.25) is 0 Å². The van der Waals surface area contributed by atoms with Crippen molar-refractivity contribution in [3.05, 3.63) is 16.1 Å². The Balaban J connectivity index is 2.81. The van der Waals surface area contributed by atoms with Gasteiger partial charge < -0.3 is 10.7 Å². The summed E-state index contributed by atoms with van der Waals surface area (Å²) in [4.78, 5) is 6.54. The molecular formula is C5H7Cl2N3. The standard InChI is InChI=1S/C5H7Cl2N3/c6-4-3(1-2-8)9-5(7)10-4/h1-2,8H2,(H,9,10). The fourth-order valence-corrected chi connectivity index (χ4v) is 1.14. The van der Waals surface area contributed by atoms with Crippen LogP contribution in [0.15, 0.2) is 0 Å². The molecule has 0 fully saturated rings. The molecule has 1 rings (SSSR count). The molecule has 0 aromatic carbocycles. The van der Waals surface area contributed by atoms with Crippen LogP contribution in [-0.2, 0) is 6.42 Å². The van der Waals surface area contributed by atoms with Gasteiger partial charge >= 0.3 is 0 Å². The highest BCUT2D eigenvalue weighted by atomic mass is 35.5. The van der Waals surface area contributed by atoms with Crippen molar-refractivity contribution in [2.24, 2.45) is 5.73 Å². The number of nitrogens with two attached hydrogens (primary N) is 1. The molecule has 0 aliphatic carbocycles. The maximum Gasteiger partial charge on any atom is 0.201 e. The number of nitrogens with zero attached hydrogens (tertiary/aromatic N) is 1. The molecule has 10 heavy (non-hydrogen) atoms. The van der Waals surface area contributed by atoms with E-state index in [1.807, 2.05) is 0 Å². The van der Waals surface area contributed by atoms with Crippen LogP contribution in [0.5, 0.6) is 0 Å². The van der Waals surface area contributed by atoms with Crippen molar-refractivity contribution in [2.45, 2.75) is 6.42 Å². The van der Waals surface area contributed by atoms with Crippen molar-refractivity contribution in [1.82, 2.24) is 9.97 Å². The van der Waals surface area contributed by atoms with Crippen LogP contribution >= 0.6 is 23.2 Å². The lowest BCUT2D eigenvalue weighted by atomic mass is 10.3. The van der Waals surface area contributed by atoms with E-state index >= 15 is 0 Å². The molecule has 0 spiro atoms. The molecule has 56 valence electrons. The summed E-state index contributed by atoms with van der Waals surface area (Å²) in [5.74, 6) is 0. The Kier molecular flexibility index (Phi) is 2.54. The highest BCUT2D eigenvalue weighted by molar-refractivity contribution is 6.32. The van der Waals surface area contributed by atoms with Gasteiger partial charge in [-0.25, -0.2) is 4.98 Å². The third-order valence-electron chi connectivity index (χ3n) is 1.09. The number of aromatic amines is 1. The highest BCUT2D eigenvalue weighted by Crippen LogP contribution is 2.15. The van der Waals surface area contributed by atoms with Crippen LogP contribution in [0.25, 0.3) is 0 Å². The molecule has 0 unspecified atom stereocenters. The summed E-state index contributed by atoms with van der Waals surface area (Å²) >= 11 is 11.2. The Morgan fingerprint density at radius 3 is 2.60 bits per heavy atom. The SMILES string of the molecule is NCCc1[nH]c(Cl)nc1Cl. The maximum absolute atomic E-state index is 5.64. The molecular weight excluding hydrogens is 173 g/mol. The second kappa shape index (κ2) is 3.23. The third kappa shape index (κ3) is 1.62. The summed E-state index contributed by atoms with van der Waals surface area (Å²) in [6.45, 7) is 0.540. The summed E-state index contributed by atoms with van der Waals surface area (Å²) in [7, 11) is 0. The van der Waals surface area contributed by atoms with Crippen molar-refractivity contribution >= 4 is 23.2 Å². The first-order valence-electron chi connectivity index (χ1n) is 2.84. The molecule has 0 aliphatic heterocycles. The van der Waals surface area contributed by atoms with Crippen LogP contribution in [0.2, 0.25) is 10.4 Å². The number of H-pyrrole nitrogens is 1. The van der Waals surface area contributed by atoms with Crippen molar-refractivity contribution in [3.63, 3.8) is 0 Å². The van der Waals surface area contributed by atoms with Gasteiger partial charge in [-0.05, 0) is 18.1 Å². The lowest BCUT2D eigenvalue weighted by Crippen LogP contribution is -2.03. The molecule has 0 aliphatic rings. The molecule has 0 amide bonds. The van der Waals surface area contributed by atoms with Gasteiger partial charge in [0.25, 0.3) is 0 Å². The van der Waals surface area contributed by atoms with E-state index in [-0.39, 0.29) is 0 Å². The lowest BCUT2D eigenvalue weighted by Gasteiger charge is -1.90. The van der Waals surface area contributed by atoms with Crippen LogP contribution in [0.4, 0.5) is 0 Å². The molecule has 0 saturated carbocycles. The predicted molar refractivity (Wildman–Crippen MR) is 41.4 cm³/mol. The second-order valence-electron chi connectivity index (χ2n) is 1.84. The second-order valence-corrected chi connectivity index (χ2v) is 2.55. The number of halogens is 2. The summed E-state index contributed by atoms with van der Waals surface area (Å²) in [5.41, 5.74) is 6.09. The molecule has 0 saturated heterocycles.